The van der Waals surface area contributed by atoms with Crippen molar-refractivity contribution < 1.29 is 19.1 Å². The van der Waals surface area contributed by atoms with Gasteiger partial charge in [0.2, 0.25) is 0 Å². The molecule has 4 nitrogen and oxygen atoms in total. The van der Waals surface area contributed by atoms with E-state index in [-0.39, 0.29) is 29.8 Å². The van der Waals surface area contributed by atoms with E-state index in [0.29, 0.717) is 12.0 Å². The summed E-state index contributed by atoms with van der Waals surface area (Å²) < 4.78 is 5.38. The first-order chi connectivity index (χ1) is 12.6. The number of rotatable bonds is 8. The predicted molar refractivity (Wildman–Crippen MR) is 108 cm³/mol. The van der Waals surface area contributed by atoms with Crippen molar-refractivity contribution in [2.24, 2.45) is 5.41 Å². The van der Waals surface area contributed by atoms with Crippen molar-refractivity contribution in [1.29, 1.82) is 0 Å². The van der Waals surface area contributed by atoms with Crippen molar-refractivity contribution in [3.63, 3.8) is 0 Å². The van der Waals surface area contributed by atoms with Gasteiger partial charge in [-0.05, 0) is 43.8 Å². The molecule has 0 saturated carbocycles. The van der Waals surface area contributed by atoms with Gasteiger partial charge >= 0.3 is 5.97 Å². The molecule has 0 fully saturated rings. The van der Waals surface area contributed by atoms with Gasteiger partial charge in [0.25, 0.3) is 0 Å². The summed E-state index contributed by atoms with van der Waals surface area (Å²) in [5.74, 6) is -0.715. The fourth-order valence-corrected chi connectivity index (χ4v) is 3.12. The standard InChI is InChI=1S/C23H32O4/c1-7-8-9-10-16(2)11-13-19-18(4)22(26)20(15-23(19,5)6)27-21(25)14-12-17(3)24/h8-11,13,20H,7,12,14-15H2,1-6H3/b9-8+,13-11+,16-10+. The Balaban J connectivity index is 2.95. The van der Waals surface area contributed by atoms with Gasteiger partial charge in [-0.25, -0.2) is 0 Å². The van der Waals surface area contributed by atoms with Crippen LogP contribution in [0.15, 0.2) is 47.1 Å². The zero-order valence-corrected chi connectivity index (χ0v) is 17.4. The van der Waals surface area contributed by atoms with Crippen LogP contribution in [-0.4, -0.2) is 23.6 Å². The highest BCUT2D eigenvalue weighted by atomic mass is 16.5. The van der Waals surface area contributed by atoms with E-state index in [1.54, 1.807) is 6.92 Å². The number of carbonyl (C=O) groups is 3. The largest absolute Gasteiger partial charge is 0.454 e. The molecular weight excluding hydrogens is 340 g/mol. The summed E-state index contributed by atoms with van der Waals surface area (Å²) in [6.07, 6.45) is 11.0. The molecular formula is C23H32O4. The van der Waals surface area contributed by atoms with Gasteiger partial charge in [-0.1, -0.05) is 56.7 Å². The van der Waals surface area contributed by atoms with E-state index in [0.717, 1.165) is 17.6 Å². The normalized spacial score (nSPS) is 20.6. The van der Waals surface area contributed by atoms with E-state index >= 15 is 0 Å². The van der Waals surface area contributed by atoms with Gasteiger partial charge in [0.15, 0.2) is 11.9 Å². The third kappa shape index (κ3) is 7.12. The summed E-state index contributed by atoms with van der Waals surface area (Å²) in [6.45, 7) is 11.4. The molecule has 0 aromatic heterocycles. The lowest BCUT2D eigenvalue weighted by Gasteiger charge is -2.36. The van der Waals surface area contributed by atoms with Crippen molar-refractivity contribution in [2.45, 2.75) is 73.3 Å². The Hall–Kier alpha value is -2.23. The van der Waals surface area contributed by atoms with Gasteiger partial charge in [0, 0.05) is 12.8 Å². The van der Waals surface area contributed by atoms with Crippen molar-refractivity contribution >= 4 is 17.5 Å². The number of ketones is 2. The van der Waals surface area contributed by atoms with Crippen molar-refractivity contribution in [3.05, 3.63) is 47.1 Å². The minimum atomic E-state index is -0.777. The Morgan fingerprint density at radius 2 is 1.89 bits per heavy atom. The molecule has 0 heterocycles. The number of allylic oxidation sites excluding steroid dienone is 7. The molecule has 0 aromatic rings. The first-order valence-corrected chi connectivity index (χ1v) is 9.54. The molecule has 1 atom stereocenters. The Labute approximate surface area is 163 Å². The molecule has 0 bridgehead atoms. The molecule has 0 amide bonds. The summed E-state index contributed by atoms with van der Waals surface area (Å²) in [5.41, 5.74) is 2.40. The molecule has 1 unspecified atom stereocenters. The van der Waals surface area contributed by atoms with Crippen LogP contribution < -0.4 is 0 Å². The smallest absolute Gasteiger partial charge is 0.306 e. The lowest BCUT2D eigenvalue weighted by atomic mass is 9.71. The molecule has 1 aliphatic carbocycles. The van der Waals surface area contributed by atoms with Crippen LogP contribution in [-0.2, 0) is 19.1 Å². The monoisotopic (exact) mass is 372 g/mol. The summed E-state index contributed by atoms with van der Waals surface area (Å²) in [4.78, 5) is 35.6. The molecule has 1 rings (SSSR count). The predicted octanol–water partition coefficient (Wildman–Crippen LogP) is 5.05. The van der Waals surface area contributed by atoms with Crippen LogP contribution in [0.1, 0.15) is 67.2 Å². The summed E-state index contributed by atoms with van der Waals surface area (Å²) >= 11 is 0. The Kier molecular flexibility index (Phi) is 8.61. The van der Waals surface area contributed by atoms with E-state index in [1.165, 1.54) is 6.92 Å². The molecule has 0 aliphatic heterocycles. The second-order valence-corrected chi connectivity index (χ2v) is 7.75. The number of hydrogen-bond donors (Lipinski definition) is 0. The second kappa shape index (κ2) is 10.2. The Bertz CT molecular complexity index is 702. The van der Waals surface area contributed by atoms with Crippen LogP contribution in [0.4, 0.5) is 0 Å². The minimum Gasteiger partial charge on any atom is -0.454 e. The lowest BCUT2D eigenvalue weighted by molar-refractivity contribution is -0.156. The van der Waals surface area contributed by atoms with Crippen molar-refractivity contribution in [3.8, 4) is 0 Å². The van der Waals surface area contributed by atoms with Gasteiger partial charge < -0.3 is 9.53 Å². The maximum absolute atomic E-state index is 12.7. The maximum atomic E-state index is 12.7. The fraction of sp³-hybridized carbons (Fsp3) is 0.522. The van der Waals surface area contributed by atoms with E-state index < -0.39 is 12.1 Å². The topological polar surface area (TPSA) is 60.4 Å². The molecule has 0 spiro atoms. The highest BCUT2D eigenvalue weighted by Crippen LogP contribution is 2.40. The van der Waals surface area contributed by atoms with E-state index in [4.69, 9.17) is 4.74 Å². The van der Waals surface area contributed by atoms with E-state index in [9.17, 15) is 14.4 Å². The van der Waals surface area contributed by atoms with Gasteiger partial charge in [-0.3, -0.25) is 9.59 Å². The number of Topliss-reactive ketones (excluding diaryl/α,β-unsaturated/α-hetero) is 2. The minimum absolute atomic E-state index is 0.0182. The molecule has 0 N–H and O–H groups in total. The zero-order valence-electron chi connectivity index (χ0n) is 17.4. The van der Waals surface area contributed by atoms with Crippen LogP contribution in [0.3, 0.4) is 0 Å². The summed E-state index contributed by atoms with van der Waals surface area (Å²) in [6, 6.07) is 0. The molecule has 27 heavy (non-hydrogen) atoms. The van der Waals surface area contributed by atoms with Crippen molar-refractivity contribution in [2.75, 3.05) is 0 Å². The fourth-order valence-electron chi connectivity index (χ4n) is 3.12. The van der Waals surface area contributed by atoms with Crippen LogP contribution in [0.5, 0.6) is 0 Å². The quantitative estimate of drug-likeness (QED) is 0.442. The first-order valence-electron chi connectivity index (χ1n) is 9.54. The molecule has 4 heteroatoms. The van der Waals surface area contributed by atoms with E-state index in [1.807, 2.05) is 31.2 Å². The first kappa shape index (κ1) is 22.8. The van der Waals surface area contributed by atoms with Crippen LogP contribution in [0, 0.1) is 5.41 Å². The van der Waals surface area contributed by atoms with Crippen molar-refractivity contribution in [1.82, 2.24) is 0 Å². The highest BCUT2D eigenvalue weighted by molar-refractivity contribution is 6.01. The summed E-state index contributed by atoms with van der Waals surface area (Å²) in [7, 11) is 0. The molecule has 0 saturated heterocycles. The number of hydrogen-bond acceptors (Lipinski definition) is 4. The maximum Gasteiger partial charge on any atom is 0.306 e. The van der Waals surface area contributed by atoms with Crippen LogP contribution >= 0.6 is 0 Å². The van der Waals surface area contributed by atoms with Crippen LogP contribution in [0.25, 0.3) is 0 Å². The number of carbonyl (C=O) groups excluding carboxylic acids is 3. The molecule has 0 aromatic carbocycles. The van der Waals surface area contributed by atoms with Gasteiger partial charge in [0.1, 0.15) is 5.78 Å². The van der Waals surface area contributed by atoms with E-state index in [2.05, 4.69) is 26.8 Å². The van der Waals surface area contributed by atoms with Gasteiger partial charge in [-0.2, -0.15) is 0 Å². The molecule has 148 valence electrons. The van der Waals surface area contributed by atoms with Gasteiger partial charge in [0.05, 0.1) is 6.42 Å². The Morgan fingerprint density at radius 1 is 1.22 bits per heavy atom. The van der Waals surface area contributed by atoms with Gasteiger partial charge in [-0.15, -0.1) is 0 Å². The second-order valence-electron chi connectivity index (χ2n) is 7.75. The number of esters is 1. The van der Waals surface area contributed by atoms with Crippen LogP contribution in [0.2, 0.25) is 0 Å². The zero-order chi connectivity index (χ0) is 20.6. The third-order valence-corrected chi connectivity index (χ3v) is 4.69. The third-order valence-electron chi connectivity index (χ3n) is 4.69. The number of ether oxygens (including phenoxy) is 1. The lowest BCUT2D eigenvalue weighted by Crippen LogP contribution is -2.39. The highest BCUT2D eigenvalue weighted by Gasteiger charge is 2.39. The summed E-state index contributed by atoms with van der Waals surface area (Å²) in [5, 5.41) is 0. The average Bonchev–Trinajstić information content (AvgIpc) is 2.57. The molecule has 0 radical (unpaired) electrons. The molecule has 1 aliphatic rings. The Morgan fingerprint density at radius 3 is 2.48 bits per heavy atom. The SMILES string of the molecule is CC/C=C/C=C(C)/C=C/C1=C(C)C(=O)C(OC(=O)CCC(C)=O)CC1(C)C. The average molecular weight is 373 g/mol.